The second kappa shape index (κ2) is 5.60. The fourth-order valence-corrected chi connectivity index (χ4v) is 1.43. The Morgan fingerprint density at radius 3 is 2.50 bits per heavy atom. The topological polar surface area (TPSA) is 54.5 Å². The molecular formula is C14H12N4. The lowest BCUT2D eigenvalue weighted by atomic mass is 10.2. The van der Waals surface area contributed by atoms with Crippen molar-refractivity contribution in [3.8, 4) is 11.8 Å². The standard InChI is InChI=1S/C14H12N4/c1-12-7-5-6-10-16-18(17-14(12)11-15)13-8-3-2-4-9-13/h2-10H,1H3. The lowest BCUT2D eigenvalue weighted by Gasteiger charge is -2.00. The Bertz CT molecular complexity index is 622. The van der Waals surface area contributed by atoms with Crippen molar-refractivity contribution in [2.75, 3.05) is 0 Å². The van der Waals surface area contributed by atoms with E-state index in [0.29, 0.717) is 5.69 Å². The third-order valence-electron chi connectivity index (χ3n) is 2.38. The molecule has 18 heavy (non-hydrogen) atoms. The van der Waals surface area contributed by atoms with Gasteiger partial charge in [0.05, 0.1) is 5.69 Å². The van der Waals surface area contributed by atoms with Gasteiger partial charge in [-0.15, -0.1) is 5.10 Å². The van der Waals surface area contributed by atoms with Crippen LogP contribution in [0.15, 0.2) is 54.7 Å². The van der Waals surface area contributed by atoms with Crippen LogP contribution in [0.3, 0.4) is 0 Å². The van der Waals surface area contributed by atoms with E-state index in [4.69, 9.17) is 5.26 Å². The fourth-order valence-electron chi connectivity index (χ4n) is 1.43. The summed E-state index contributed by atoms with van der Waals surface area (Å²) in [6.45, 7) is 1.85. The molecule has 0 N–H and O–H groups in total. The number of para-hydroxylation sites is 1. The van der Waals surface area contributed by atoms with E-state index in [1.165, 1.54) is 4.80 Å². The van der Waals surface area contributed by atoms with Gasteiger partial charge in [-0.2, -0.15) is 15.2 Å². The Kier molecular flexibility index (Phi) is 3.67. The Labute approximate surface area is 105 Å². The third kappa shape index (κ3) is 2.71. The summed E-state index contributed by atoms with van der Waals surface area (Å²) < 4.78 is 0. The van der Waals surface area contributed by atoms with Gasteiger partial charge in [0.15, 0.2) is 5.69 Å². The first kappa shape index (κ1) is 11.8. The highest BCUT2D eigenvalue weighted by atomic mass is 15.4. The molecule has 0 unspecified atom stereocenters. The van der Waals surface area contributed by atoms with Crippen LogP contribution in [0.1, 0.15) is 11.3 Å². The Balaban J connectivity index is 2.70. The Hall–Kier alpha value is -2.67. The number of hydrogen-bond acceptors (Lipinski definition) is 3. The second-order valence-electron chi connectivity index (χ2n) is 3.68. The summed E-state index contributed by atoms with van der Waals surface area (Å²) in [5, 5.41) is 17.6. The van der Waals surface area contributed by atoms with Crippen LogP contribution in [0.4, 0.5) is 0 Å². The highest BCUT2D eigenvalue weighted by Gasteiger charge is 1.98. The molecule has 0 saturated carbocycles. The number of hydrogen-bond donors (Lipinski definition) is 0. The number of nitrogens with zero attached hydrogens (tertiary/aromatic N) is 4. The molecule has 2 aromatic rings. The maximum absolute atomic E-state index is 9.11. The maximum Gasteiger partial charge on any atom is 0.165 e. The van der Waals surface area contributed by atoms with Crippen molar-refractivity contribution in [2.45, 2.75) is 6.92 Å². The highest BCUT2D eigenvalue weighted by Crippen LogP contribution is 2.03. The van der Waals surface area contributed by atoms with Crippen molar-refractivity contribution >= 4 is 0 Å². The van der Waals surface area contributed by atoms with Crippen molar-refractivity contribution in [3.05, 3.63) is 66.0 Å². The van der Waals surface area contributed by atoms with Crippen molar-refractivity contribution < 1.29 is 0 Å². The first-order chi connectivity index (χ1) is 8.81. The van der Waals surface area contributed by atoms with Crippen LogP contribution >= 0.6 is 0 Å². The van der Waals surface area contributed by atoms with Crippen LogP contribution in [0.2, 0.25) is 0 Å². The van der Waals surface area contributed by atoms with Crippen LogP contribution in [0.25, 0.3) is 5.69 Å². The average molecular weight is 236 g/mol. The molecule has 0 spiro atoms. The first-order valence-corrected chi connectivity index (χ1v) is 5.53. The summed E-state index contributed by atoms with van der Waals surface area (Å²) in [5.74, 6) is 0. The lowest BCUT2D eigenvalue weighted by Crippen LogP contribution is -2.04. The molecule has 4 nitrogen and oxygen atoms in total. The molecule has 0 atom stereocenters. The van der Waals surface area contributed by atoms with Crippen molar-refractivity contribution in [2.24, 2.45) is 0 Å². The summed E-state index contributed by atoms with van der Waals surface area (Å²) in [6.07, 6.45) is 1.64. The van der Waals surface area contributed by atoms with Crippen LogP contribution in [0, 0.1) is 18.3 Å². The molecule has 0 saturated heterocycles. The van der Waals surface area contributed by atoms with E-state index in [9.17, 15) is 0 Å². The molecule has 0 radical (unpaired) electrons. The minimum atomic E-state index is 0.350. The first-order valence-electron chi connectivity index (χ1n) is 5.53. The zero-order chi connectivity index (χ0) is 12.8. The van der Waals surface area contributed by atoms with Gasteiger partial charge in [0, 0.05) is 6.20 Å². The van der Waals surface area contributed by atoms with Gasteiger partial charge in [0.1, 0.15) is 6.07 Å². The molecule has 0 bridgehead atoms. The molecule has 0 aliphatic rings. The van der Waals surface area contributed by atoms with Crippen LogP contribution in [-0.4, -0.2) is 15.0 Å². The smallest absolute Gasteiger partial charge is 0.165 e. The van der Waals surface area contributed by atoms with E-state index in [0.717, 1.165) is 11.3 Å². The van der Waals surface area contributed by atoms with Gasteiger partial charge in [-0.3, -0.25) is 0 Å². The molecule has 2 rings (SSSR count). The molecule has 0 aliphatic heterocycles. The van der Waals surface area contributed by atoms with E-state index in [2.05, 4.69) is 16.3 Å². The van der Waals surface area contributed by atoms with E-state index < -0.39 is 0 Å². The molecule has 4 heteroatoms. The predicted molar refractivity (Wildman–Crippen MR) is 68.4 cm³/mol. The van der Waals surface area contributed by atoms with Crippen LogP contribution < -0.4 is 0 Å². The van der Waals surface area contributed by atoms with Crippen LogP contribution in [-0.2, 0) is 0 Å². The fraction of sp³-hybridized carbons (Fsp3) is 0.0714. The summed E-state index contributed by atoms with van der Waals surface area (Å²) in [4.78, 5) is 1.45. The van der Waals surface area contributed by atoms with Gasteiger partial charge in [-0.25, -0.2) is 0 Å². The largest absolute Gasteiger partial charge is 0.191 e. The zero-order valence-corrected chi connectivity index (χ0v) is 9.99. The number of benzene rings is 1. The van der Waals surface area contributed by atoms with Gasteiger partial charge in [-0.05, 0) is 30.7 Å². The Morgan fingerprint density at radius 1 is 1.06 bits per heavy atom. The van der Waals surface area contributed by atoms with E-state index in [1.807, 2.05) is 49.4 Å². The molecule has 1 heterocycles. The predicted octanol–water partition coefficient (Wildman–Crippen LogP) is 2.57. The Morgan fingerprint density at radius 2 is 1.78 bits per heavy atom. The van der Waals surface area contributed by atoms with Gasteiger partial charge in [0.25, 0.3) is 0 Å². The number of aryl methyl sites for hydroxylation is 1. The number of aromatic nitrogens is 3. The molecular weight excluding hydrogens is 224 g/mol. The second-order valence-corrected chi connectivity index (χ2v) is 3.68. The lowest BCUT2D eigenvalue weighted by molar-refractivity contribution is 0.708. The monoisotopic (exact) mass is 236 g/mol. The maximum atomic E-state index is 9.11. The molecule has 1 aromatic heterocycles. The van der Waals surface area contributed by atoms with E-state index >= 15 is 0 Å². The summed E-state index contributed by atoms with van der Waals surface area (Å²) in [6, 6.07) is 17.0. The highest BCUT2D eigenvalue weighted by molar-refractivity contribution is 5.30. The molecule has 88 valence electrons. The van der Waals surface area contributed by atoms with Crippen LogP contribution in [0.5, 0.6) is 0 Å². The van der Waals surface area contributed by atoms with Crippen molar-refractivity contribution in [1.82, 2.24) is 15.0 Å². The van der Waals surface area contributed by atoms with Crippen molar-refractivity contribution in [3.63, 3.8) is 0 Å². The van der Waals surface area contributed by atoms with Gasteiger partial charge >= 0.3 is 0 Å². The minimum Gasteiger partial charge on any atom is -0.191 e. The van der Waals surface area contributed by atoms with Crippen molar-refractivity contribution in [1.29, 1.82) is 5.26 Å². The average Bonchev–Trinajstić information content (AvgIpc) is 2.50. The third-order valence-corrected chi connectivity index (χ3v) is 2.38. The molecule has 0 fully saturated rings. The quantitative estimate of drug-likeness (QED) is 0.764. The normalized spacial score (nSPS) is 9.33. The minimum absolute atomic E-state index is 0.350. The SMILES string of the molecule is Cc1ccccnn(-c2ccccc2)nc1C#N. The van der Waals surface area contributed by atoms with Gasteiger partial charge in [-0.1, -0.05) is 30.3 Å². The van der Waals surface area contributed by atoms with E-state index in [1.54, 1.807) is 12.3 Å². The summed E-state index contributed by atoms with van der Waals surface area (Å²) >= 11 is 0. The molecule has 1 aromatic carbocycles. The van der Waals surface area contributed by atoms with Gasteiger partial charge < -0.3 is 0 Å². The molecule has 0 aliphatic carbocycles. The van der Waals surface area contributed by atoms with Gasteiger partial charge in [0.2, 0.25) is 0 Å². The number of rotatable bonds is 1. The summed E-state index contributed by atoms with van der Waals surface area (Å²) in [7, 11) is 0. The number of nitriles is 1. The summed E-state index contributed by atoms with van der Waals surface area (Å²) in [5.41, 5.74) is 1.97. The van der Waals surface area contributed by atoms with E-state index in [-0.39, 0.29) is 0 Å². The molecule has 0 amide bonds. The zero-order valence-electron chi connectivity index (χ0n) is 9.99.